The summed E-state index contributed by atoms with van der Waals surface area (Å²) in [7, 11) is 0. The number of hydrogen-bond donors (Lipinski definition) is 0. The molecule has 2 aromatic carbocycles. The van der Waals surface area contributed by atoms with E-state index in [1.807, 2.05) is 18.2 Å². The van der Waals surface area contributed by atoms with E-state index in [2.05, 4.69) is 31.9 Å². The highest BCUT2D eigenvalue weighted by atomic mass is 79.9. The summed E-state index contributed by atoms with van der Waals surface area (Å²) in [4.78, 5) is 10.5. The van der Waals surface area contributed by atoms with E-state index in [1.165, 1.54) is 6.07 Å². The molecule has 6 heteroatoms. The van der Waals surface area contributed by atoms with Crippen LogP contribution in [0.5, 0.6) is 5.75 Å². The fraction of sp³-hybridized carbons (Fsp3) is 0.143. The molecule has 0 spiro atoms. The number of nitro benzene ring substituents is 1. The normalized spacial score (nSPS) is 10.3. The molecule has 0 aliphatic rings. The Bertz CT molecular complexity index is 632. The second-order valence-electron chi connectivity index (χ2n) is 4.07. The number of nitrogens with zero attached hydrogens (tertiary/aromatic N) is 1. The zero-order valence-corrected chi connectivity index (χ0v) is 13.6. The van der Waals surface area contributed by atoms with Crippen molar-refractivity contribution >= 4 is 37.5 Å². The molecule has 0 radical (unpaired) electrons. The van der Waals surface area contributed by atoms with Gasteiger partial charge in [-0.3, -0.25) is 10.1 Å². The van der Waals surface area contributed by atoms with E-state index in [9.17, 15) is 10.1 Å². The minimum absolute atomic E-state index is 0.0701. The Labute approximate surface area is 133 Å². The third kappa shape index (κ3) is 3.58. The van der Waals surface area contributed by atoms with E-state index in [0.717, 1.165) is 15.4 Å². The maximum atomic E-state index is 10.9. The second kappa shape index (κ2) is 6.85. The molecule has 0 aliphatic carbocycles. The Morgan fingerprint density at radius 3 is 2.60 bits per heavy atom. The average molecular weight is 401 g/mol. The van der Waals surface area contributed by atoms with Crippen LogP contribution >= 0.6 is 31.9 Å². The van der Waals surface area contributed by atoms with Crippen LogP contribution in [-0.2, 0) is 11.9 Å². The molecule has 4 nitrogen and oxygen atoms in total. The Kier molecular flexibility index (Phi) is 5.14. The number of ether oxygens (including phenoxy) is 1. The Balaban J connectivity index is 2.15. The van der Waals surface area contributed by atoms with Crippen molar-refractivity contribution in [1.82, 2.24) is 0 Å². The molecule has 0 fully saturated rings. The number of hydrogen-bond acceptors (Lipinski definition) is 3. The lowest BCUT2D eigenvalue weighted by Gasteiger charge is -2.09. The summed E-state index contributed by atoms with van der Waals surface area (Å²) in [6, 6.07) is 12.3. The second-order valence-corrected chi connectivity index (χ2v) is 5.49. The van der Waals surface area contributed by atoms with Crippen LogP contribution in [0, 0.1) is 10.1 Å². The summed E-state index contributed by atoms with van der Waals surface area (Å²) in [5.74, 6) is 0.660. The number of para-hydroxylation sites is 1. The van der Waals surface area contributed by atoms with Gasteiger partial charge in [0.2, 0.25) is 0 Å². The summed E-state index contributed by atoms with van der Waals surface area (Å²) in [5.41, 5.74) is 1.74. The molecule has 0 saturated heterocycles. The highest BCUT2D eigenvalue weighted by molar-refractivity contribution is 9.10. The van der Waals surface area contributed by atoms with Gasteiger partial charge in [-0.2, -0.15) is 0 Å². The third-order valence-electron chi connectivity index (χ3n) is 2.72. The molecule has 0 bridgehead atoms. The summed E-state index contributed by atoms with van der Waals surface area (Å²) >= 11 is 6.81. The largest absolute Gasteiger partial charge is 0.487 e. The van der Waals surface area contributed by atoms with Crippen molar-refractivity contribution in [2.45, 2.75) is 11.9 Å². The number of halogens is 2. The van der Waals surface area contributed by atoms with Crippen LogP contribution in [0.3, 0.4) is 0 Å². The standard InChI is InChI=1S/C14H11Br2NO3/c15-8-10-5-6-14(12(16)7-10)20-9-11-3-1-2-4-13(11)17(18)19/h1-7H,8-9H2. The highest BCUT2D eigenvalue weighted by Gasteiger charge is 2.13. The minimum Gasteiger partial charge on any atom is -0.487 e. The molecular weight excluding hydrogens is 390 g/mol. The van der Waals surface area contributed by atoms with E-state index >= 15 is 0 Å². The molecule has 0 unspecified atom stereocenters. The molecule has 2 aromatic rings. The van der Waals surface area contributed by atoms with Gasteiger partial charge >= 0.3 is 0 Å². The zero-order chi connectivity index (χ0) is 14.5. The van der Waals surface area contributed by atoms with Gasteiger partial charge in [0.25, 0.3) is 5.69 Å². The first-order chi connectivity index (χ1) is 9.61. The third-order valence-corrected chi connectivity index (χ3v) is 3.99. The van der Waals surface area contributed by atoms with E-state index < -0.39 is 4.92 Å². The van der Waals surface area contributed by atoms with Crippen molar-refractivity contribution in [3.8, 4) is 5.75 Å². The molecule has 0 aliphatic heterocycles. The highest BCUT2D eigenvalue weighted by Crippen LogP contribution is 2.28. The predicted octanol–water partition coefficient (Wildman–Crippen LogP) is 4.83. The van der Waals surface area contributed by atoms with Crippen LogP contribution in [0.4, 0.5) is 5.69 Å². The van der Waals surface area contributed by atoms with Crippen LogP contribution in [0.25, 0.3) is 0 Å². The summed E-state index contributed by atoms with van der Waals surface area (Å²) in [6.45, 7) is 0.156. The van der Waals surface area contributed by atoms with Gasteiger partial charge in [0.15, 0.2) is 0 Å². The molecule has 20 heavy (non-hydrogen) atoms. The first kappa shape index (κ1) is 15.0. The van der Waals surface area contributed by atoms with Crippen molar-refractivity contribution in [3.05, 3.63) is 68.2 Å². The fourth-order valence-electron chi connectivity index (χ4n) is 1.71. The van der Waals surface area contributed by atoms with Gasteiger partial charge < -0.3 is 4.74 Å². The molecular formula is C14H11Br2NO3. The Morgan fingerprint density at radius 2 is 1.95 bits per heavy atom. The van der Waals surface area contributed by atoms with E-state index in [4.69, 9.17) is 4.74 Å². The van der Waals surface area contributed by atoms with Crippen molar-refractivity contribution in [2.75, 3.05) is 0 Å². The quantitative estimate of drug-likeness (QED) is 0.410. The minimum atomic E-state index is -0.401. The van der Waals surface area contributed by atoms with E-state index in [-0.39, 0.29) is 12.3 Å². The topological polar surface area (TPSA) is 52.4 Å². The van der Waals surface area contributed by atoms with Gasteiger partial charge in [0, 0.05) is 11.4 Å². The molecule has 0 N–H and O–H groups in total. The van der Waals surface area contributed by atoms with Crippen LogP contribution in [0.2, 0.25) is 0 Å². The van der Waals surface area contributed by atoms with Crippen molar-refractivity contribution in [2.24, 2.45) is 0 Å². The van der Waals surface area contributed by atoms with Crippen LogP contribution in [0.1, 0.15) is 11.1 Å². The smallest absolute Gasteiger partial charge is 0.276 e. The van der Waals surface area contributed by atoms with Crippen molar-refractivity contribution in [1.29, 1.82) is 0 Å². The van der Waals surface area contributed by atoms with Crippen LogP contribution in [-0.4, -0.2) is 4.92 Å². The predicted molar refractivity (Wildman–Crippen MR) is 84.2 cm³/mol. The van der Waals surface area contributed by atoms with Gasteiger partial charge in [-0.25, -0.2) is 0 Å². The van der Waals surface area contributed by atoms with E-state index in [1.54, 1.807) is 18.2 Å². The number of benzene rings is 2. The maximum Gasteiger partial charge on any atom is 0.276 e. The molecule has 104 valence electrons. The van der Waals surface area contributed by atoms with Gasteiger partial charge in [-0.1, -0.05) is 34.1 Å². The summed E-state index contributed by atoms with van der Waals surface area (Å²) in [5, 5.41) is 11.7. The van der Waals surface area contributed by atoms with Crippen molar-refractivity contribution in [3.63, 3.8) is 0 Å². The lowest BCUT2D eigenvalue weighted by molar-refractivity contribution is -0.385. The van der Waals surface area contributed by atoms with Gasteiger partial charge in [0.05, 0.1) is 15.0 Å². The molecule has 0 amide bonds. The monoisotopic (exact) mass is 399 g/mol. The number of nitro groups is 1. The molecule has 0 atom stereocenters. The summed E-state index contributed by atoms with van der Waals surface area (Å²) in [6.07, 6.45) is 0. The lowest BCUT2D eigenvalue weighted by atomic mass is 10.2. The van der Waals surface area contributed by atoms with Gasteiger partial charge in [-0.05, 0) is 39.7 Å². The average Bonchev–Trinajstić information content (AvgIpc) is 2.46. The first-order valence-corrected chi connectivity index (χ1v) is 7.72. The lowest BCUT2D eigenvalue weighted by Crippen LogP contribution is -2.00. The Morgan fingerprint density at radius 1 is 1.20 bits per heavy atom. The Hall–Kier alpha value is -1.40. The number of alkyl halides is 1. The first-order valence-electron chi connectivity index (χ1n) is 5.81. The van der Waals surface area contributed by atoms with Gasteiger partial charge in [0.1, 0.15) is 12.4 Å². The SMILES string of the molecule is O=[N+]([O-])c1ccccc1COc1ccc(CBr)cc1Br. The summed E-state index contributed by atoms with van der Waals surface area (Å²) < 4.78 is 6.47. The maximum absolute atomic E-state index is 10.9. The fourth-order valence-corrected chi connectivity index (χ4v) is 2.60. The molecule has 0 saturated carbocycles. The zero-order valence-electron chi connectivity index (χ0n) is 10.4. The van der Waals surface area contributed by atoms with Crippen molar-refractivity contribution < 1.29 is 9.66 Å². The molecule has 0 aromatic heterocycles. The van der Waals surface area contributed by atoms with Crippen LogP contribution < -0.4 is 4.74 Å². The number of rotatable bonds is 5. The molecule has 0 heterocycles. The molecule has 2 rings (SSSR count). The van der Waals surface area contributed by atoms with E-state index in [0.29, 0.717) is 11.3 Å². The van der Waals surface area contributed by atoms with Crippen LogP contribution in [0.15, 0.2) is 46.9 Å². The van der Waals surface area contributed by atoms with Gasteiger partial charge in [-0.15, -0.1) is 0 Å².